The summed E-state index contributed by atoms with van der Waals surface area (Å²) in [5.41, 5.74) is 6.16. The number of nitrogens with zero attached hydrogens (tertiary/aromatic N) is 1. The first-order valence-corrected chi connectivity index (χ1v) is 6.33. The number of primary amides is 1. The van der Waals surface area contributed by atoms with Crippen molar-refractivity contribution < 1.29 is 9.59 Å². The Kier molecular flexibility index (Phi) is 6.27. The number of anilines is 1. The van der Waals surface area contributed by atoms with Crippen molar-refractivity contribution in [3.05, 3.63) is 29.8 Å². The second-order valence-electron chi connectivity index (χ2n) is 4.47. The monoisotopic (exact) mass is 298 g/mol. The van der Waals surface area contributed by atoms with Crippen LogP contribution in [0.4, 0.5) is 10.5 Å². The molecule has 0 atom stereocenters. The Balaban J connectivity index is 0.00000200. The van der Waals surface area contributed by atoms with E-state index < -0.39 is 6.03 Å². The van der Waals surface area contributed by atoms with Gasteiger partial charge in [-0.3, -0.25) is 4.79 Å². The van der Waals surface area contributed by atoms with Crippen LogP contribution in [0.1, 0.15) is 16.8 Å². The van der Waals surface area contributed by atoms with Crippen LogP contribution >= 0.6 is 12.4 Å². The van der Waals surface area contributed by atoms with Crippen molar-refractivity contribution in [1.29, 1.82) is 0 Å². The van der Waals surface area contributed by atoms with Crippen LogP contribution in [0.3, 0.4) is 0 Å². The minimum atomic E-state index is -0.636. The quantitative estimate of drug-likeness (QED) is 0.762. The molecule has 1 fully saturated rings. The SMILES string of the molecule is Cl.NC(=O)Nc1cccc(C(=O)N2CCCNCC2)c1. The molecule has 1 heterocycles. The lowest BCUT2D eigenvalue weighted by Gasteiger charge is -2.20. The molecule has 7 heteroatoms. The molecule has 110 valence electrons. The molecular formula is C13H19ClN4O2. The van der Waals surface area contributed by atoms with Crippen LogP contribution in [-0.2, 0) is 0 Å². The van der Waals surface area contributed by atoms with Gasteiger partial charge < -0.3 is 21.3 Å². The second-order valence-corrected chi connectivity index (χ2v) is 4.47. The minimum Gasteiger partial charge on any atom is -0.351 e. The highest BCUT2D eigenvalue weighted by atomic mass is 35.5. The van der Waals surface area contributed by atoms with Crippen molar-refractivity contribution >= 4 is 30.0 Å². The molecule has 2 rings (SSSR count). The molecule has 1 aromatic rings. The first kappa shape index (κ1) is 16.3. The van der Waals surface area contributed by atoms with E-state index in [0.29, 0.717) is 17.8 Å². The lowest BCUT2D eigenvalue weighted by Crippen LogP contribution is -2.34. The van der Waals surface area contributed by atoms with E-state index in [1.54, 1.807) is 24.3 Å². The largest absolute Gasteiger partial charge is 0.351 e. The summed E-state index contributed by atoms with van der Waals surface area (Å²) in [5, 5.41) is 5.72. The van der Waals surface area contributed by atoms with E-state index in [-0.39, 0.29) is 18.3 Å². The number of carbonyl (C=O) groups is 2. The van der Waals surface area contributed by atoms with Gasteiger partial charge in [-0.25, -0.2) is 4.79 Å². The van der Waals surface area contributed by atoms with Gasteiger partial charge in [0, 0.05) is 30.9 Å². The first-order valence-electron chi connectivity index (χ1n) is 6.33. The Hall–Kier alpha value is -1.79. The molecule has 20 heavy (non-hydrogen) atoms. The molecule has 0 aromatic heterocycles. The fraction of sp³-hybridized carbons (Fsp3) is 0.385. The van der Waals surface area contributed by atoms with Crippen LogP contribution in [0.2, 0.25) is 0 Å². The third kappa shape index (κ3) is 4.40. The van der Waals surface area contributed by atoms with Crippen LogP contribution in [0.25, 0.3) is 0 Å². The Morgan fingerprint density at radius 2 is 2.05 bits per heavy atom. The zero-order valence-electron chi connectivity index (χ0n) is 11.1. The molecule has 1 saturated heterocycles. The molecule has 0 unspecified atom stereocenters. The van der Waals surface area contributed by atoms with E-state index in [4.69, 9.17) is 5.73 Å². The highest BCUT2D eigenvalue weighted by Crippen LogP contribution is 2.13. The maximum Gasteiger partial charge on any atom is 0.316 e. The Labute approximate surface area is 124 Å². The molecule has 3 amide bonds. The normalized spacial score (nSPS) is 14.9. The third-order valence-corrected chi connectivity index (χ3v) is 3.00. The maximum absolute atomic E-state index is 12.3. The standard InChI is InChI=1S/C13H18N4O2.ClH/c14-13(19)16-11-4-1-3-10(9-11)12(18)17-7-2-5-15-6-8-17;/h1,3-4,9,15H,2,5-8H2,(H3,14,16,19);1H. The molecule has 1 aliphatic rings. The van der Waals surface area contributed by atoms with Crippen LogP contribution in [0.15, 0.2) is 24.3 Å². The zero-order valence-corrected chi connectivity index (χ0v) is 11.9. The fourth-order valence-corrected chi connectivity index (χ4v) is 2.10. The number of urea groups is 1. The summed E-state index contributed by atoms with van der Waals surface area (Å²) in [5.74, 6) is -0.0168. The number of benzene rings is 1. The molecule has 6 nitrogen and oxygen atoms in total. The molecule has 0 saturated carbocycles. The molecule has 0 aliphatic carbocycles. The summed E-state index contributed by atoms with van der Waals surface area (Å²) in [6, 6.07) is 6.18. The molecular weight excluding hydrogens is 280 g/mol. The van der Waals surface area contributed by atoms with Gasteiger partial charge in [0.25, 0.3) is 5.91 Å². The number of halogens is 1. The molecule has 1 aromatic carbocycles. The van der Waals surface area contributed by atoms with Crippen molar-refractivity contribution in [3.63, 3.8) is 0 Å². The predicted octanol–water partition coefficient (Wildman–Crippen LogP) is 1.03. The molecule has 0 bridgehead atoms. The maximum atomic E-state index is 12.3. The van der Waals surface area contributed by atoms with Gasteiger partial charge in [0.15, 0.2) is 0 Å². The van der Waals surface area contributed by atoms with Crippen LogP contribution in [-0.4, -0.2) is 43.0 Å². The average molecular weight is 299 g/mol. The number of rotatable bonds is 2. The van der Waals surface area contributed by atoms with Crippen molar-refractivity contribution in [2.24, 2.45) is 5.73 Å². The zero-order chi connectivity index (χ0) is 13.7. The van der Waals surface area contributed by atoms with Gasteiger partial charge in [-0.1, -0.05) is 6.07 Å². The van der Waals surface area contributed by atoms with Crippen molar-refractivity contribution in [1.82, 2.24) is 10.2 Å². The van der Waals surface area contributed by atoms with E-state index in [1.807, 2.05) is 4.90 Å². The summed E-state index contributed by atoms with van der Waals surface area (Å²) in [6.45, 7) is 3.20. The number of nitrogens with one attached hydrogen (secondary N) is 2. The number of amides is 3. The van der Waals surface area contributed by atoms with Gasteiger partial charge in [-0.05, 0) is 31.2 Å². The van der Waals surface area contributed by atoms with E-state index in [1.165, 1.54) is 0 Å². The lowest BCUT2D eigenvalue weighted by atomic mass is 10.1. The van der Waals surface area contributed by atoms with Gasteiger partial charge >= 0.3 is 6.03 Å². The van der Waals surface area contributed by atoms with Crippen LogP contribution < -0.4 is 16.4 Å². The summed E-state index contributed by atoms with van der Waals surface area (Å²) in [4.78, 5) is 25.0. The van der Waals surface area contributed by atoms with Crippen LogP contribution in [0.5, 0.6) is 0 Å². The Bertz CT molecular complexity index is 473. The summed E-state index contributed by atoms with van der Waals surface area (Å²) in [7, 11) is 0. The summed E-state index contributed by atoms with van der Waals surface area (Å²) in [6.07, 6.45) is 0.949. The number of hydrogen-bond acceptors (Lipinski definition) is 3. The smallest absolute Gasteiger partial charge is 0.316 e. The van der Waals surface area contributed by atoms with Gasteiger partial charge in [0.2, 0.25) is 0 Å². The highest BCUT2D eigenvalue weighted by Gasteiger charge is 2.17. The number of carbonyl (C=O) groups excluding carboxylic acids is 2. The van der Waals surface area contributed by atoms with Crippen molar-refractivity contribution in [2.75, 3.05) is 31.5 Å². The molecule has 0 spiro atoms. The second kappa shape index (κ2) is 7.72. The van der Waals surface area contributed by atoms with E-state index >= 15 is 0 Å². The first-order chi connectivity index (χ1) is 9.16. The lowest BCUT2D eigenvalue weighted by molar-refractivity contribution is 0.0766. The van der Waals surface area contributed by atoms with Gasteiger partial charge in [-0.2, -0.15) is 0 Å². The molecule has 0 radical (unpaired) electrons. The Morgan fingerprint density at radius 1 is 1.25 bits per heavy atom. The van der Waals surface area contributed by atoms with Crippen molar-refractivity contribution in [2.45, 2.75) is 6.42 Å². The highest BCUT2D eigenvalue weighted by molar-refractivity contribution is 5.96. The van der Waals surface area contributed by atoms with E-state index in [2.05, 4.69) is 10.6 Å². The molecule has 1 aliphatic heterocycles. The summed E-state index contributed by atoms with van der Waals surface area (Å²) < 4.78 is 0. The number of hydrogen-bond donors (Lipinski definition) is 3. The van der Waals surface area contributed by atoms with Gasteiger partial charge in [0.05, 0.1) is 0 Å². The summed E-state index contributed by atoms with van der Waals surface area (Å²) >= 11 is 0. The van der Waals surface area contributed by atoms with Gasteiger partial charge in [-0.15, -0.1) is 12.4 Å². The van der Waals surface area contributed by atoms with Crippen LogP contribution in [0, 0.1) is 0 Å². The molecule has 4 N–H and O–H groups in total. The fourth-order valence-electron chi connectivity index (χ4n) is 2.10. The number of nitrogens with two attached hydrogens (primary N) is 1. The predicted molar refractivity (Wildman–Crippen MR) is 80.3 cm³/mol. The van der Waals surface area contributed by atoms with E-state index in [0.717, 1.165) is 26.1 Å². The van der Waals surface area contributed by atoms with E-state index in [9.17, 15) is 9.59 Å². The Morgan fingerprint density at radius 3 is 2.80 bits per heavy atom. The topological polar surface area (TPSA) is 87.5 Å². The van der Waals surface area contributed by atoms with Crippen molar-refractivity contribution in [3.8, 4) is 0 Å². The third-order valence-electron chi connectivity index (χ3n) is 3.00. The average Bonchev–Trinajstić information content (AvgIpc) is 2.66. The van der Waals surface area contributed by atoms with Gasteiger partial charge in [0.1, 0.15) is 0 Å². The minimum absolute atomic E-state index is 0.